The zero-order chi connectivity index (χ0) is 30.6. The molecular formula is C31H31FN6O5S. The summed E-state index contributed by atoms with van der Waals surface area (Å²) in [7, 11) is -4.28. The molecule has 228 valence electrons. The third-order valence-electron chi connectivity index (χ3n) is 8.45. The van der Waals surface area contributed by atoms with Gasteiger partial charge in [-0.2, -0.15) is 0 Å². The largest absolute Gasteiger partial charge is 0.488 e. The summed E-state index contributed by atoms with van der Waals surface area (Å²) in [5.41, 5.74) is 1.15. The van der Waals surface area contributed by atoms with Gasteiger partial charge in [0.2, 0.25) is 15.3 Å². The molecule has 11 nitrogen and oxygen atoms in total. The van der Waals surface area contributed by atoms with Gasteiger partial charge in [-0.05, 0) is 61.7 Å². The molecule has 44 heavy (non-hydrogen) atoms. The monoisotopic (exact) mass is 618 g/mol. The van der Waals surface area contributed by atoms with Crippen molar-refractivity contribution < 1.29 is 27.1 Å². The Balaban J connectivity index is 1.11. The second-order valence-corrected chi connectivity index (χ2v) is 13.3. The minimum atomic E-state index is -4.28. The maximum absolute atomic E-state index is 14.3. The van der Waals surface area contributed by atoms with E-state index in [4.69, 9.17) is 19.4 Å². The molecule has 4 aromatic rings. The van der Waals surface area contributed by atoms with Crippen LogP contribution in [0.5, 0.6) is 5.75 Å². The lowest BCUT2D eigenvalue weighted by molar-refractivity contribution is 0.0946. The van der Waals surface area contributed by atoms with Crippen LogP contribution in [0, 0.1) is 6.92 Å². The predicted octanol–water partition coefficient (Wildman–Crippen LogP) is 3.99. The number of nitrogens with one attached hydrogen (secondary N) is 1. The number of aromatic nitrogens is 3. The van der Waals surface area contributed by atoms with Crippen LogP contribution in [0.4, 0.5) is 21.7 Å². The molecule has 3 aliphatic rings. The Morgan fingerprint density at radius 2 is 2.00 bits per heavy atom. The highest BCUT2D eigenvalue weighted by Crippen LogP contribution is 2.38. The van der Waals surface area contributed by atoms with Crippen LogP contribution in [0.15, 0.2) is 53.7 Å². The average molecular weight is 619 g/mol. The van der Waals surface area contributed by atoms with Crippen LogP contribution in [0.2, 0.25) is 0 Å². The van der Waals surface area contributed by atoms with Crippen molar-refractivity contribution in [2.24, 2.45) is 0 Å². The molecule has 1 saturated heterocycles. The van der Waals surface area contributed by atoms with E-state index in [0.29, 0.717) is 47.3 Å². The molecule has 0 unspecified atom stereocenters. The third-order valence-corrected chi connectivity index (χ3v) is 10.2. The number of benzene rings is 1. The van der Waals surface area contributed by atoms with E-state index in [1.807, 2.05) is 29.3 Å². The van der Waals surface area contributed by atoms with Crippen molar-refractivity contribution >= 4 is 44.0 Å². The molecule has 13 heteroatoms. The predicted molar refractivity (Wildman–Crippen MR) is 162 cm³/mol. The molecule has 0 spiro atoms. The molecule has 1 fully saturated rings. The standard InChI is InChI=1S/C31H31FN6O5S/c1-18-9-21(10-27-24(18)16-42-17-28(32)44(27,40)41)31(39)35-14-22-11-25-20(13-33-22)3-4-29(36-25)38-7-8-43-26-12-23(15-34-30(26)38)37-6-5-19(37)2/h3-4,9-13,15,19,28H,5-8,14,16-17H2,1-2H3,(H,35,39)/t19-,28-/m1/s1. The molecule has 0 bridgehead atoms. The van der Waals surface area contributed by atoms with Crippen LogP contribution in [0.3, 0.4) is 0 Å². The van der Waals surface area contributed by atoms with E-state index in [2.05, 4.69) is 22.1 Å². The van der Waals surface area contributed by atoms with Crippen LogP contribution in [0.1, 0.15) is 40.5 Å². The van der Waals surface area contributed by atoms with Crippen LogP contribution in [0.25, 0.3) is 10.9 Å². The van der Waals surface area contributed by atoms with Crippen molar-refractivity contribution in [3.63, 3.8) is 0 Å². The number of nitrogens with zero attached hydrogens (tertiary/aromatic N) is 5. The van der Waals surface area contributed by atoms with E-state index in [9.17, 15) is 17.6 Å². The number of hydrogen-bond donors (Lipinski definition) is 1. The first-order valence-corrected chi connectivity index (χ1v) is 16.0. The number of amides is 1. The number of carbonyl (C=O) groups is 1. The third kappa shape index (κ3) is 4.99. The number of alkyl halides is 1. The molecule has 6 heterocycles. The van der Waals surface area contributed by atoms with E-state index in [1.165, 1.54) is 12.5 Å². The van der Waals surface area contributed by atoms with E-state index in [-0.39, 0.29) is 23.6 Å². The van der Waals surface area contributed by atoms with Crippen LogP contribution < -0.4 is 19.9 Å². The van der Waals surface area contributed by atoms with Gasteiger partial charge < -0.3 is 24.6 Å². The molecule has 1 amide bonds. The minimum Gasteiger partial charge on any atom is -0.488 e. The molecule has 1 N–H and O–H groups in total. The number of rotatable bonds is 5. The highest BCUT2D eigenvalue weighted by molar-refractivity contribution is 7.92. The molecule has 1 aromatic carbocycles. The van der Waals surface area contributed by atoms with E-state index < -0.39 is 27.9 Å². The summed E-state index contributed by atoms with van der Waals surface area (Å²) in [4.78, 5) is 31.3. The second-order valence-electron chi connectivity index (χ2n) is 11.3. The molecular weight excluding hydrogens is 587 g/mol. The Morgan fingerprint density at radius 1 is 1.14 bits per heavy atom. The molecule has 0 radical (unpaired) electrons. The van der Waals surface area contributed by atoms with Crippen LogP contribution in [-0.4, -0.2) is 67.1 Å². The zero-order valence-corrected chi connectivity index (χ0v) is 25.1. The van der Waals surface area contributed by atoms with Gasteiger partial charge in [-0.3, -0.25) is 9.78 Å². The number of carbonyl (C=O) groups excluding carboxylic acids is 1. The Labute approximate surface area is 253 Å². The summed E-state index contributed by atoms with van der Waals surface area (Å²) >= 11 is 0. The van der Waals surface area contributed by atoms with Crippen molar-refractivity contribution in [1.29, 1.82) is 0 Å². The average Bonchev–Trinajstić information content (AvgIpc) is 3.13. The van der Waals surface area contributed by atoms with Gasteiger partial charge >= 0.3 is 0 Å². The summed E-state index contributed by atoms with van der Waals surface area (Å²) in [6.07, 6.45) is 4.74. The smallest absolute Gasteiger partial charge is 0.251 e. The summed E-state index contributed by atoms with van der Waals surface area (Å²) < 4.78 is 50.9. The lowest BCUT2D eigenvalue weighted by Gasteiger charge is -2.41. The number of fused-ring (bicyclic) bond motifs is 3. The van der Waals surface area contributed by atoms with Gasteiger partial charge in [0.1, 0.15) is 12.4 Å². The molecule has 3 aliphatic heterocycles. The van der Waals surface area contributed by atoms with E-state index in [1.54, 1.807) is 25.3 Å². The quantitative estimate of drug-likeness (QED) is 0.351. The van der Waals surface area contributed by atoms with Gasteiger partial charge in [0.05, 0.1) is 54.3 Å². The zero-order valence-electron chi connectivity index (χ0n) is 24.3. The summed E-state index contributed by atoms with van der Waals surface area (Å²) in [6, 6.07) is 11.0. The van der Waals surface area contributed by atoms with E-state index >= 15 is 0 Å². The van der Waals surface area contributed by atoms with Crippen LogP contribution in [-0.2, 0) is 27.7 Å². The van der Waals surface area contributed by atoms with Gasteiger partial charge in [-0.15, -0.1) is 0 Å². The van der Waals surface area contributed by atoms with Crippen molar-refractivity contribution in [2.75, 3.05) is 36.1 Å². The van der Waals surface area contributed by atoms with Crippen molar-refractivity contribution in [3.05, 3.63) is 71.2 Å². The Kier molecular flexibility index (Phi) is 7.08. The van der Waals surface area contributed by atoms with Crippen LogP contribution >= 0.6 is 0 Å². The number of sulfone groups is 1. The van der Waals surface area contributed by atoms with Gasteiger partial charge in [-0.25, -0.2) is 22.8 Å². The number of aryl methyl sites for hydroxylation is 1. The SMILES string of the molecule is Cc1cc(C(=O)NCc2cc3nc(N4CCOc5cc(N6CC[C@H]6C)cnc54)ccc3cn2)cc2c1COC[C@H](F)S2(=O)=O. The highest BCUT2D eigenvalue weighted by Gasteiger charge is 2.34. The second kappa shape index (κ2) is 11.0. The fraction of sp³-hybridized carbons (Fsp3) is 0.355. The van der Waals surface area contributed by atoms with Crippen molar-refractivity contribution in [2.45, 2.75) is 49.9 Å². The first kappa shape index (κ1) is 28.4. The number of anilines is 3. The fourth-order valence-corrected chi connectivity index (χ4v) is 7.18. The maximum Gasteiger partial charge on any atom is 0.251 e. The first-order chi connectivity index (χ1) is 21.2. The molecule has 0 saturated carbocycles. The summed E-state index contributed by atoms with van der Waals surface area (Å²) in [5, 5.41) is 3.63. The molecule has 2 atom stereocenters. The fourth-order valence-electron chi connectivity index (χ4n) is 5.77. The number of pyridine rings is 3. The minimum absolute atomic E-state index is 0.0380. The normalized spacial score (nSPS) is 20.6. The lowest BCUT2D eigenvalue weighted by Crippen LogP contribution is -2.45. The lowest BCUT2D eigenvalue weighted by atomic mass is 10.0. The molecule has 7 rings (SSSR count). The van der Waals surface area contributed by atoms with Crippen molar-refractivity contribution in [3.8, 4) is 5.75 Å². The molecule has 3 aromatic heterocycles. The number of ether oxygens (including phenoxy) is 2. The van der Waals surface area contributed by atoms with Crippen molar-refractivity contribution in [1.82, 2.24) is 20.3 Å². The Morgan fingerprint density at radius 3 is 2.80 bits per heavy atom. The topological polar surface area (TPSA) is 127 Å². The van der Waals surface area contributed by atoms with Gasteiger partial charge in [0, 0.05) is 35.8 Å². The van der Waals surface area contributed by atoms with Gasteiger partial charge in [0.25, 0.3) is 5.91 Å². The Bertz CT molecular complexity index is 1900. The summed E-state index contributed by atoms with van der Waals surface area (Å²) in [5.74, 6) is 1.66. The number of hydrogen-bond acceptors (Lipinski definition) is 10. The van der Waals surface area contributed by atoms with Gasteiger partial charge in [0.15, 0.2) is 11.6 Å². The van der Waals surface area contributed by atoms with E-state index in [0.717, 1.165) is 29.2 Å². The van der Waals surface area contributed by atoms with Gasteiger partial charge in [-0.1, -0.05) is 0 Å². The summed E-state index contributed by atoms with van der Waals surface area (Å²) in [6.45, 7) is 5.48. The molecule has 0 aliphatic carbocycles. The first-order valence-electron chi connectivity index (χ1n) is 14.5. The number of halogens is 1. The maximum atomic E-state index is 14.3. The Hall–Kier alpha value is -4.36. The highest BCUT2D eigenvalue weighted by atomic mass is 32.2.